The number of hydrogen-bond acceptors (Lipinski definition) is 2. The summed E-state index contributed by atoms with van der Waals surface area (Å²) in [7, 11) is 0. The molecular formula is C7H5BrFNO. The predicted octanol–water partition coefficient (Wildman–Crippen LogP) is 3.29. The number of hydrogen-bond donors (Lipinski definition) is 0. The van der Waals surface area contributed by atoms with Crippen molar-refractivity contribution in [2.24, 2.45) is 5.18 Å². The molecule has 0 aromatic heterocycles. The van der Waals surface area contributed by atoms with E-state index in [2.05, 4.69) is 21.1 Å². The van der Waals surface area contributed by atoms with E-state index < -0.39 is 5.82 Å². The Morgan fingerprint density at radius 2 is 2.18 bits per heavy atom. The summed E-state index contributed by atoms with van der Waals surface area (Å²) < 4.78 is 13.3. The van der Waals surface area contributed by atoms with Crippen molar-refractivity contribution in [3.63, 3.8) is 0 Å². The first-order valence-electron chi connectivity index (χ1n) is 2.94. The first-order valence-corrected chi connectivity index (χ1v) is 3.74. The van der Waals surface area contributed by atoms with Crippen LogP contribution in [-0.2, 0) is 0 Å². The van der Waals surface area contributed by atoms with Gasteiger partial charge in [0.2, 0.25) is 0 Å². The van der Waals surface area contributed by atoms with Gasteiger partial charge in [-0.3, -0.25) is 0 Å². The molecule has 0 saturated carbocycles. The number of benzene rings is 1. The van der Waals surface area contributed by atoms with Gasteiger partial charge in [0, 0.05) is 4.47 Å². The number of nitrogens with zero attached hydrogens (tertiary/aromatic N) is 1. The van der Waals surface area contributed by atoms with Gasteiger partial charge < -0.3 is 0 Å². The second kappa shape index (κ2) is 3.09. The van der Waals surface area contributed by atoms with E-state index in [-0.39, 0.29) is 5.69 Å². The summed E-state index contributed by atoms with van der Waals surface area (Å²) in [6.45, 7) is 1.58. The zero-order valence-corrected chi connectivity index (χ0v) is 7.35. The summed E-state index contributed by atoms with van der Waals surface area (Å²) in [4.78, 5) is 10.1. The molecule has 0 spiro atoms. The van der Waals surface area contributed by atoms with Gasteiger partial charge in [0.15, 0.2) is 11.5 Å². The molecule has 0 aliphatic carbocycles. The molecule has 0 saturated heterocycles. The average Bonchev–Trinajstić information content (AvgIpc) is 1.99. The topological polar surface area (TPSA) is 29.4 Å². The van der Waals surface area contributed by atoms with Gasteiger partial charge in [-0.2, -0.15) is 0 Å². The van der Waals surface area contributed by atoms with Crippen molar-refractivity contribution in [1.29, 1.82) is 0 Å². The molecule has 0 unspecified atom stereocenters. The van der Waals surface area contributed by atoms with Crippen LogP contribution in [0.25, 0.3) is 0 Å². The van der Waals surface area contributed by atoms with Crippen molar-refractivity contribution in [1.82, 2.24) is 0 Å². The van der Waals surface area contributed by atoms with Crippen molar-refractivity contribution in [3.05, 3.63) is 32.9 Å². The van der Waals surface area contributed by atoms with Crippen LogP contribution in [0.2, 0.25) is 0 Å². The van der Waals surface area contributed by atoms with Gasteiger partial charge in [0.1, 0.15) is 0 Å². The van der Waals surface area contributed by atoms with E-state index in [1.165, 1.54) is 0 Å². The van der Waals surface area contributed by atoms with Gasteiger partial charge in [-0.15, -0.1) is 4.91 Å². The van der Waals surface area contributed by atoms with Crippen molar-refractivity contribution in [2.45, 2.75) is 6.92 Å². The van der Waals surface area contributed by atoms with Crippen LogP contribution in [0.3, 0.4) is 0 Å². The van der Waals surface area contributed by atoms with Crippen LogP contribution in [0.5, 0.6) is 0 Å². The molecule has 0 atom stereocenters. The first kappa shape index (κ1) is 8.33. The summed E-state index contributed by atoms with van der Waals surface area (Å²) in [6.07, 6.45) is 0. The summed E-state index contributed by atoms with van der Waals surface area (Å²) in [5.74, 6) is -0.561. The van der Waals surface area contributed by atoms with Crippen molar-refractivity contribution in [2.75, 3.05) is 0 Å². The third kappa shape index (κ3) is 1.45. The molecule has 0 bridgehead atoms. The van der Waals surface area contributed by atoms with Gasteiger partial charge >= 0.3 is 0 Å². The highest BCUT2D eigenvalue weighted by molar-refractivity contribution is 9.10. The van der Waals surface area contributed by atoms with Crippen LogP contribution in [0, 0.1) is 17.6 Å². The van der Waals surface area contributed by atoms with Crippen LogP contribution < -0.4 is 0 Å². The average molecular weight is 218 g/mol. The van der Waals surface area contributed by atoms with Crippen molar-refractivity contribution >= 4 is 21.6 Å². The third-order valence-electron chi connectivity index (χ3n) is 1.35. The largest absolute Gasteiger partial charge is 0.204 e. The monoisotopic (exact) mass is 217 g/mol. The molecule has 1 rings (SSSR count). The number of nitroso groups, excluding NO2 is 1. The SMILES string of the molecule is Cc1ccc(Br)c(N=O)c1F. The van der Waals surface area contributed by atoms with Crippen LogP contribution in [-0.4, -0.2) is 0 Å². The molecular weight excluding hydrogens is 213 g/mol. The second-order valence-corrected chi connectivity index (χ2v) is 2.97. The van der Waals surface area contributed by atoms with Gasteiger partial charge in [-0.25, -0.2) is 4.39 Å². The first-order chi connectivity index (χ1) is 5.16. The highest BCUT2D eigenvalue weighted by Crippen LogP contribution is 2.29. The molecule has 1 aromatic carbocycles. The third-order valence-corrected chi connectivity index (χ3v) is 1.99. The normalized spacial score (nSPS) is 9.73. The molecule has 4 heteroatoms. The van der Waals surface area contributed by atoms with Crippen molar-refractivity contribution in [3.8, 4) is 0 Å². The molecule has 0 radical (unpaired) electrons. The highest BCUT2D eigenvalue weighted by atomic mass is 79.9. The Hall–Kier alpha value is -0.770. The Morgan fingerprint density at radius 3 is 2.64 bits per heavy atom. The van der Waals surface area contributed by atoms with Crippen molar-refractivity contribution < 1.29 is 4.39 Å². The maximum Gasteiger partial charge on any atom is 0.158 e. The van der Waals surface area contributed by atoms with Crippen LogP contribution in [0.1, 0.15) is 5.56 Å². The number of halogens is 2. The fourth-order valence-electron chi connectivity index (χ4n) is 0.726. The van der Waals surface area contributed by atoms with E-state index in [1.54, 1.807) is 19.1 Å². The Labute approximate surface area is 71.5 Å². The quantitative estimate of drug-likeness (QED) is 0.665. The van der Waals surface area contributed by atoms with E-state index in [9.17, 15) is 9.30 Å². The van der Waals surface area contributed by atoms with Gasteiger partial charge in [-0.1, -0.05) is 6.07 Å². The zero-order chi connectivity index (χ0) is 8.43. The molecule has 58 valence electrons. The standard InChI is InChI=1S/C7H5BrFNO/c1-4-2-3-5(8)7(10-11)6(4)9/h2-3H,1H3. The molecule has 0 heterocycles. The molecule has 2 nitrogen and oxygen atoms in total. The van der Waals surface area contributed by atoms with E-state index >= 15 is 0 Å². The van der Waals surface area contributed by atoms with Crippen LogP contribution >= 0.6 is 15.9 Å². The summed E-state index contributed by atoms with van der Waals surface area (Å²) in [5.41, 5.74) is 0.257. The molecule has 0 aliphatic heterocycles. The zero-order valence-electron chi connectivity index (χ0n) is 5.77. The van der Waals surface area contributed by atoms with Gasteiger partial charge in [0.05, 0.1) is 0 Å². The Balaban J connectivity index is 3.40. The number of aryl methyl sites for hydroxylation is 1. The minimum absolute atomic E-state index is 0.162. The lowest BCUT2D eigenvalue weighted by molar-refractivity contribution is 0.619. The Kier molecular flexibility index (Phi) is 2.34. The molecule has 0 aliphatic rings. The minimum Gasteiger partial charge on any atom is -0.204 e. The maximum atomic E-state index is 12.9. The van der Waals surface area contributed by atoms with Crippen LogP contribution in [0.4, 0.5) is 10.1 Å². The Bertz CT molecular complexity index is 301. The highest BCUT2D eigenvalue weighted by Gasteiger charge is 2.08. The van der Waals surface area contributed by atoms with Gasteiger partial charge in [-0.05, 0) is 39.7 Å². The summed E-state index contributed by atoms with van der Waals surface area (Å²) in [5, 5.41) is 2.56. The molecule has 11 heavy (non-hydrogen) atoms. The smallest absolute Gasteiger partial charge is 0.158 e. The Morgan fingerprint density at radius 1 is 1.55 bits per heavy atom. The van der Waals surface area contributed by atoms with E-state index in [1.807, 2.05) is 0 Å². The molecule has 1 aromatic rings. The lowest BCUT2D eigenvalue weighted by Crippen LogP contribution is -1.82. The van der Waals surface area contributed by atoms with E-state index in [0.717, 1.165) is 0 Å². The predicted molar refractivity (Wildman–Crippen MR) is 44.3 cm³/mol. The minimum atomic E-state index is -0.561. The van der Waals surface area contributed by atoms with Gasteiger partial charge in [0.25, 0.3) is 0 Å². The molecule has 0 N–H and O–H groups in total. The molecule has 0 fully saturated rings. The van der Waals surface area contributed by atoms with Crippen LogP contribution in [0.15, 0.2) is 21.8 Å². The second-order valence-electron chi connectivity index (χ2n) is 2.12. The fraction of sp³-hybridized carbons (Fsp3) is 0.143. The maximum absolute atomic E-state index is 12.9. The summed E-state index contributed by atoms with van der Waals surface area (Å²) in [6, 6.07) is 3.17. The van der Waals surface area contributed by atoms with E-state index in [4.69, 9.17) is 0 Å². The molecule has 0 amide bonds. The number of rotatable bonds is 1. The lowest BCUT2D eigenvalue weighted by Gasteiger charge is -1.98. The fourth-order valence-corrected chi connectivity index (χ4v) is 1.10. The lowest BCUT2D eigenvalue weighted by atomic mass is 10.2. The van der Waals surface area contributed by atoms with E-state index in [0.29, 0.717) is 10.0 Å². The summed E-state index contributed by atoms with van der Waals surface area (Å²) >= 11 is 3.01.